The minimum absolute atomic E-state index is 0. The standard InChI is InChI=1S/C20H13FN.C19H11FN.2C15H9FN.C15H10N.2C5H8O2.4Ir/c21-14-9-10-15-13(11-14)12-22-19-8-4-3-6-17(19)16-5-1-2-7-18(16)20(15)22;20-14-11-9-13(10-12-14)19-17-7-2-1-5-15(17)16-6-3-4-8-18(16)21-19;2*16-13-7-5-12(6-8-13)15-14-4-2-1-3-11(14)9-10-17-15;1-2-7-13(8-3-1)15-14-9-5-4-6-12(14)10-11-16-15;2*1-4(6)3-5(2)7;;;;/h1-11H,12H2;1-9,11-12H;2*1-5,7-10H;1-7,9-11H;2*3,6H,1-2H3;;;;/q+1;4*-1;;;;;;. The number of halogens is 4. The van der Waals surface area contributed by atoms with Gasteiger partial charge in [0.05, 0.1) is 33.4 Å². The molecule has 2 N–H and O–H groups in total. The quantitative estimate of drug-likeness (QED) is 0.0420. The number of carbonyl (C=O) groups is 2. The molecule has 0 unspecified atom stereocenters. The molecule has 560 valence electrons. The second-order valence-corrected chi connectivity index (χ2v) is 24.8. The van der Waals surface area contributed by atoms with Gasteiger partial charge in [-0.2, -0.15) is 4.57 Å². The van der Waals surface area contributed by atoms with Crippen LogP contribution in [0.3, 0.4) is 0 Å². The van der Waals surface area contributed by atoms with Gasteiger partial charge in [0.25, 0.3) is 0 Å². The van der Waals surface area contributed by atoms with E-state index in [2.05, 4.69) is 117 Å². The number of ketones is 2. The molecule has 18 rings (SSSR count). The number of carbonyl (C=O) groups excluding carboxylic acids is 2. The van der Waals surface area contributed by atoms with Crippen LogP contribution < -0.4 is 4.57 Å². The second-order valence-electron chi connectivity index (χ2n) is 24.8. The van der Waals surface area contributed by atoms with Crippen molar-refractivity contribution in [2.75, 3.05) is 0 Å². The third-order valence-corrected chi connectivity index (χ3v) is 17.1. The smallest absolute Gasteiger partial charge is 0.221 e. The molecule has 0 saturated heterocycles. The van der Waals surface area contributed by atoms with Gasteiger partial charge in [0.2, 0.25) is 11.2 Å². The average Bonchev–Trinajstić information content (AvgIpc) is 1.60. The summed E-state index contributed by atoms with van der Waals surface area (Å²) < 4.78 is 54.8. The largest absolute Gasteiger partial charge is 0.512 e. The molecule has 17 aromatic rings. The number of pyridine rings is 5. The van der Waals surface area contributed by atoms with Gasteiger partial charge in [0.1, 0.15) is 5.82 Å². The first-order valence-electron chi connectivity index (χ1n) is 34.2. The van der Waals surface area contributed by atoms with Crippen LogP contribution in [-0.2, 0) is 96.6 Å². The van der Waals surface area contributed by atoms with Crippen LogP contribution in [-0.4, -0.2) is 41.7 Å². The topological polar surface area (TPSA) is 130 Å². The van der Waals surface area contributed by atoms with Crippen molar-refractivity contribution in [1.29, 1.82) is 0 Å². The molecule has 0 fully saturated rings. The van der Waals surface area contributed by atoms with Crippen LogP contribution in [0.25, 0.3) is 132 Å². The van der Waals surface area contributed by atoms with Gasteiger partial charge < -0.3 is 25.2 Å². The fourth-order valence-corrected chi connectivity index (χ4v) is 12.6. The summed E-state index contributed by atoms with van der Waals surface area (Å²) in [5.74, 6) is -1.15. The third-order valence-electron chi connectivity index (χ3n) is 17.1. The van der Waals surface area contributed by atoms with E-state index in [0.29, 0.717) is 0 Å². The first-order chi connectivity index (χ1) is 52.0. The van der Waals surface area contributed by atoms with Crippen molar-refractivity contribution in [3.8, 4) is 56.3 Å². The number of rotatable bonds is 6. The molecule has 0 aliphatic carbocycles. The van der Waals surface area contributed by atoms with Crippen LogP contribution in [0.1, 0.15) is 33.3 Å². The van der Waals surface area contributed by atoms with E-state index < -0.39 is 0 Å². The summed E-state index contributed by atoms with van der Waals surface area (Å²) in [6.45, 7) is 6.43. The molecule has 9 nitrogen and oxygen atoms in total. The monoisotopic (exact) mass is 2180 g/mol. The first kappa shape index (κ1) is 85.6. The Morgan fingerprint density at radius 3 is 1.16 bits per heavy atom. The zero-order valence-electron chi connectivity index (χ0n) is 60.0. The van der Waals surface area contributed by atoms with Crippen LogP contribution >= 0.6 is 0 Å². The molecule has 1 aliphatic rings. The summed E-state index contributed by atoms with van der Waals surface area (Å²) in [6, 6.07) is 102. The Morgan fingerprint density at radius 2 is 0.739 bits per heavy atom. The number of aromatic nitrogens is 5. The Balaban J connectivity index is 0.000000166. The summed E-state index contributed by atoms with van der Waals surface area (Å²) in [7, 11) is 0. The van der Waals surface area contributed by atoms with Crippen molar-refractivity contribution < 1.29 is 122 Å². The number of allylic oxidation sites excluding steroid dienone is 4. The molecule has 0 amide bonds. The van der Waals surface area contributed by atoms with Crippen LogP contribution in [0.2, 0.25) is 0 Å². The first-order valence-corrected chi connectivity index (χ1v) is 34.2. The summed E-state index contributed by atoms with van der Waals surface area (Å²) in [5.41, 5.74) is 12.5. The maximum atomic E-state index is 13.6. The molecule has 111 heavy (non-hydrogen) atoms. The maximum Gasteiger partial charge on any atom is 0.221 e. The molecule has 0 atom stereocenters. The minimum atomic E-state index is -0.288. The number of fused-ring (bicyclic) bond motifs is 14. The number of aliphatic hydroxyl groups is 2. The molecule has 1 aliphatic heterocycles. The maximum absolute atomic E-state index is 13.6. The molecular weight excluding hydrogens is 2110 g/mol. The third kappa shape index (κ3) is 21.7. The Morgan fingerprint density at radius 1 is 0.369 bits per heavy atom. The van der Waals surface area contributed by atoms with E-state index in [9.17, 15) is 27.2 Å². The van der Waals surface area contributed by atoms with Gasteiger partial charge in [-0.05, 0) is 148 Å². The molecular formula is C94H68F4Ir4N5O4-3. The predicted molar refractivity (Wildman–Crippen MR) is 422 cm³/mol. The molecule has 0 saturated carbocycles. The van der Waals surface area contributed by atoms with Gasteiger partial charge in [0.15, 0.2) is 18.1 Å². The zero-order chi connectivity index (χ0) is 74.8. The Kier molecular flexibility index (Phi) is 31.7. The number of nitrogens with zero attached hydrogens (tertiary/aromatic N) is 5. The fraction of sp³-hybridized carbons (Fsp3) is 0.0532. The van der Waals surface area contributed by atoms with Gasteiger partial charge in [-0.1, -0.05) is 146 Å². The predicted octanol–water partition coefficient (Wildman–Crippen LogP) is 22.9. The van der Waals surface area contributed by atoms with Gasteiger partial charge in [-0.15, -0.1) is 125 Å². The van der Waals surface area contributed by atoms with Crippen LogP contribution in [0, 0.1) is 47.5 Å². The van der Waals surface area contributed by atoms with E-state index in [1.54, 1.807) is 42.7 Å². The molecule has 4 radical (unpaired) electrons. The molecule has 5 aromatic heterocycles. The van der Waals surface area contributed by atoms with E-state index in [1.807, 2.05) is 152 Å². The van der Waals surface area contributed by atoms with Crippen molar-refractivity contribution in [2.24, 2.45) is 0 Å². The molecule has 12 aromatic carbocycles. The van der Waals surface area contributed by atoms with Crippen molar-refractivity contribution in [1.82, 2.24) is 19.9 Å². The second kappa shape index (κ2) is 41.1. The summed E-state index contributed by atoms with van der Waals surface area (Å²) in [5, 5.41) is 30.5. The molecule has 17 heteroatoms. The van der Waals surface area contributed by atoms with E-state index in [-0.39, 0.29) is 127 Å². The van der Waals surface area contributed by atoms with Crippen LogP contribution in [0.4, 0.5) is 17.6 Å². The van der Waals surface area contributed by atoms with Crippen molar-refractivity contribution in [2.45, 2.75) is 34.2 Å². The van der Waals surface area contributed by atoms with Gasteiger partial charge in [0, 0.05) is 151 Å². The summed E-state index contributed by atoms with van der Waals surface area (Å²) in [4.78, 5) is 37.9. The van der Waals surface area contributed by atoms with Crippen molar-refractivity contribution in [3.63, 3.8) is 0 Å². The molecule has 0 spiro atoms. The van der Waals surface area contributed by atoms with Gasteiger partial charge >= 0.3 is 0 Å². The average molecular weight is 2180 g/mol. The van der Waals surface area contributed by atoms with Crippen molar-refractivity contribution in [3.05, 3.63) is 380 Å². The Hall–Kier alpha value is -11.1. The summed E-state index contributed by atoms with van der Waals surface area (Å²) in [6.07, 6.45) is 7.70. The number of benzene rings is 12. The Bertz CT molecular complexity index is 5950. The van der Waals surface area contributed by atoms with E-state index in [1.165, 1.54) is 114 Å². The number of aliphatic hydroxyl groups excluding tert-OH is 2. The normalized spacial score (nSPS) is 10.8. The van der Waals surface area contributed by atoms with Gasteiger partial charge in [-0.25, -0.2) is 4.39 Å². The Labute approximate surface area is 694 Å². The van der Waals surface area contributed by atoms with Crippen LogP contribution in [0.5, 0.6) is 0 Å². The van der Waals surface area contributed by atoms with Gasteiger partial charge in [-0.3, -0.25) is 27.7 Å². The number of hydrogen-bond acceptors (Lipinski definition) is 8. The van der Waals surface area contributed by atoms with E-state index in [0.717, 1.165) is 106 Å². The fourth-order valence-electron chi connectivity index (χ4n) is 12.6. The SMILES string of the molecule is CC(=O)C=C(C)O.CC(=O)C=C(C)O.Fc1c[c-]c(-c2nc3ccccc3c3ccccc23)cc1.Fc1c[c-]c(-c2nccc3ccccc23)cc1.Fc1c[c-]c(-c2nccc3ccccc23)cc1.Fc1ccc2c(c1)C[n+]1c-2c2ccccc2c2ccccc21.[Ir].[Ir].[Ir].[Ir].[c-]1ccccc1-c1nccc2ccccc12. The molecule has 0 bridgehead atoms. The van der Waals surface area contributed by atoms with E-state index in [4.69, 9.17) is 15.2 Å². The van der Waals surface area contributed by atoms with Crippen LogP contribution in [0.15, 0.2) is 327 Å². The molecule has 6 heterocycles. The summed E-state index contributed by atoms with van der Waals surface area (Å²) >= 11 is 0. The number of para-hydroxylation sites is 2. The minimum Gasteiger partial charge on any atom is -0.512 e. The zero-order valence-corrected chi connectivity index (χ0v) is 69.6. The van der Waals surface area contributed by atoms with Crippen molar-refractivity contribution >= 4 is 87.2 Å². The number of hydrogen-bond donors (Lipinski definition) is 2. The van der Waals surface area contributed by atoms with E-state index >= 15 is 0 Å².